The van der Waals surface area contributed by atoms with Gasteiger partial charge in [-0.25, -0.2) is 9.78 Å². The summed E-state index contributed by atoms with van der Waals surface area (Å²) < 4.78 is 7.67. The molecule has 25 heavy (non-hydrogen) atoms. The molecule has 0 aromatic carbocycles. The molecule has 1 amide bonds. The molecule has 0 saturated carbocycles. The molecular formula is C19H28N4O2. The zero-order chi connectivity index (χ0) is 18.4. The highest BCUT2D eigenvalue weighted by Gasteiger charge is 2.31. The van der Waals surface area contributed by atoms with Gasteiger partial charge in [0, 0.05) is 24.2 Å². The lowest BCUT2D eigenvalue weighted by Gasteiger charge is -2.24. The van der Waals surface area contributed by atoms with Crippen LogP contribution < -0.4 is 0 Å². The van der Waals surface area contributed by atoms with Crippen LogP contribution in [-0.2, 0) is 10.2 Å². The molecule has 136 valence electrons. The first-order chi connectivity index (χ1) is 11.5. The molecule has 0 spiro atoms. The molecule has 0 N–H and O–H groups in total. The maximum Gasteiger partial charge on any atom is 0.410 e. The number of imidazole rings is 1. The number of carbonyl (C=O) groups is 1. The quantitative estimate of drug-likeness (QED) is 0.787. The number of carbonyl (C=O) groups excluding carboxylic acids is 1. The van der Waals surface area contributed by atoms with Crippen LogP contribution in [0.5, 0.6) is 0 Å². The van der Waals surface area contributed by atoms with Crippen LogP contribution in [0.4, 0.5) is 4.79 Å². The Morgan fingerprint density at radius 1 is 1.20 bits per heavy atom. The van der Waals surface area contributed by atoms with E-state index in [1.54, 1.807) is 4.90 Å². The first-order valence-corrected chi connectivity index (χ1v) is 8.85. The summed E-state index contributed by atoms with van der Waals surface area (Å²) in [6, 6.07) is 2.34. The van der Waals surface area contributed by atoms with Gasteiger partial charge in [0.05, 0.1) is 24.1 Å². The number of likely N-dealkylation sites (tertiary alicyclic amines) is 1. The summed E-state index contributed by atoms with van der Waals surface area (Å²) in [5.41, 5.74) is 2.54. The van der Waals surface area contributed by atoms with Gasteiger partial charge in [-0.2, -0.15) is 0 Å². The number of aromatic nitrogens is 3. The van der Waals surface area contributed by atoms with Gasteiger partial charge in [0.1, 0.15) is 11.1 Å². The van der Waals surface area contributed by atoms with Crippen LogP contribution in [0.2, 0.25) is 0 Å². The van der Waals surface area contributed by atoms with Crippen LogP contribution >= 0.6 is 0 Å². The molecule has 0 aliphatic carbocycles. The fourth-order valence-corrected chi connectivity index (χ4v) is 3.09. The van der Waals surface area contributed by atoms with Crippen LogP contribution in [0.1, 0.15) is 59.7 Å². The number of fused-ring (bicyclic) bond motifs is 1. The molecular weight excluding hydrogens is 316 g/mol. The van der Waals surface area contributed by atoms with Crippen LogP contribution in [0.15, 0.2) is 18.6 Å². The van der Waals surface area contributed by atoms with Crippen molar-refractivity contribution >= 4 is 17.1 Å². The third-order valence-corrected chi connectivity index (χ3v) is 4.44. The number of nitrogens with zero attached hydrogens (tertiary/aromatic N) is 4. The topological polar surface area (TPSA) is 60.2 Å². The Bertz CT molecular complexity index is 783. The second kappa shape index (κ2) is 6.00. The average Bonchev–Trinajstić information content (AvgIpc) is 3.10. The molecule has 3 rings (SSSR count). The highest BCUT2D eigenvalue weighted by molar-refractivity contribution is 5.75. The van der Waals surface area contributed by atoms with Gasteiger partial charge < -0.3 is 14.2 Å². The van der Waals surface area contributed by atoms with Crippen LogP contribution in [0.25, 0.3) is 11.0 Å². The molecule has 0 radical (unpaired) electrons. The lowest BCUT2D eigenvalue weighted by Crippen LogP contribution is -2.35. The second-order valence-electron chi connectivity index (χ2n) is 8.83. The molecule has 6 nitrogen and oxygen atoms in total. The summed E-state index contributed by atoms with van der Waals surface area (Å²) in [6.45, 7) is 13.5. The number of rotatable bonds is 1. The van der Waals surface area contributed by atoms with Crippen molar-refractivity contribution in [3.05, 3.63) is 24.3 Å². The zero-order valence-corrected chi connectivity index (χ0v) is 16.0. The van der Waals surface area contributed by atoms with E-state index in [1.807, 2.05) is 33.3 Å². The van der Waals surface area contributed by atoms with Gasteiger partial charge in [-0.05, 0) is 33.3 Å². The minimum atomic E-state index is -0.468. The molecule has 1 aliphatic rings. The first kappa shape index (κ1) is 17.7. The molecule has 1 fully saturated rings. The molecule has 2 aromatic rings. The standard InChI is InChI=1S/C19H28N4O2/c1-18(2,3)16-9-15-14(10-20-16)21-12-23(15)13-7-8-22(11-13)17(24)25-19(4,5)6/h9-10,12-13H,7-8,11H2,1-6H3/t13-/m1/s1. The Balaban J connectivity index is 1.82. The molecule has 0 bridgehead atoms. The highest BCUT2D eigenvalue weighted by atomic mass is 16.6. The third-order valence-electron chi connectivity index (χ3n) is 4.44. The van der Waals surface area contributed by atoms with E-state index < -0.39 is 5.60 Å². The van der Waals surface area contributed by atoms with Gasteiger partial charge in [0.25, 0.3) is 0 Å². The van der Waals surface area contributed by atoms with E-state index in [1.165, 1.54) is 0 Å². The molecule has 3 heterocycles. The minimum absolute atomic E-state index is 0.0124. The van der Waals surface area contributed by atoms with Crippen molar-refractivity contribution in [2.75, 3.05) is 13.1 Å². The third kappa shape index (κ3) is 3.78. The summed E-state index contributed by atoms with van der Waals surface area (Å²) in [5.74, 6) is 0. The van der Waals surface area contributed by atoms with Crippen molar-refractivity contribution in [3.63, 3.8) is 0 Å². The lowest BCUT2D eigenvalue weighted by atomic mass is 9.91. The van der Waals surface area contributed by atoms with E-state index in [2.05, 4.69) is 41.4 Å². The van der Waals surface area contributed by atoms with E-state index in [0.29, 0.717) is 13.1 Å². The Morgan fingerprint density at radius 3 is 2.56 bits per heavy atom. The van der Waals surface area contributed by atoms with Crippen molar-refractivity contribution in [1.82, 2.24) is 19.4 Å². The number of hydrogen-bond acceptors (Lipinski definition) is 4. The maximum atomic E-state index is 12.3. The summed E-state index contributed by atoms with van der Waals surface area (Å²) in [4.78, 5) is 23.1. The SMILES string of the molecule is CC(C)(C)OC(=O)N1CC[C@@H](n2cnc3cnc(C(C)(C)C)cc32)C1. The Morgan fingerprint density at radius 2 is 1.92 bits per heavy atom. The van der Waals surface area contributed by atoms with Gasteiger partial charge in [-0.15, -0.1) is 0 Å². The Hall–Kier alpha value is -2.11. The maximum absolute atomic E-state index is 12.3. The van der Waals surface area contributed by atoms with Crippen molar-refractivity contribution in [3.8, 4) is 0 Å². The van der Waals surface area contributed by atoms with E-state index in [9.17, 15) is 4.79 Å². The van der Waals surface area contributed by atoms with Crippen molar-refractivity contribution < 1.29 is 9.53 Å². The monoisotopic (exact) mass is 344 g/mol. The van der Waals surface area contributed by atoms with Crippen molar-refractivity contribution in [1.29, 1.82) is 0 Å². The average molecular weight is 344 g/mol. The predicted molar refractivity (Wildman–Crippen MR) is 97.7 cm³/mol. The highest BCUT2D eigenvalue weighted by Crippen LogP contribution is 2.29. The summed E-state index contributed by atoms with van der Waals surface area (Å²) in [7, 11) is 0. The molecule has 2 aromatic heterocycles. The predicted octanol–water partition coefficient (Wildman–Crippen LogP) is 3.91. The van der Waals surface area contributed by atoms with Crippen molar-refractivity contribution in [2.45, 2.75) is 65.0 Å². The number of ether oxygens (including phenoxy) is 1. The van der Waals surface area contributed by atoms with Crippen LogP contribution in [0, 0.1) is 0 Å². The fraction of sp³-hybridized carbons (Fsp3) is 0.632. The van der Waals surface area contributed by atoms with Crippen LogP contribution in [0.3, 0.4) is 0 Å². The van der Waals surface area contributed by atoms with E-state index >= 15 is 0 Å². The second-order valence-corrected chi connectivity index (χ2v) is 8.83. The van der Waals surface area contributed by atoms with Gasteiger partial charge in [-0.1, -0.05) is 20.8 Å². The number of hydrogen-bond donors (Lipinski definition) is 0. The summed E-state index contributed by atoms with van der Waals surface area (Å²) in [6.07, 6.45) is 4.36. The van der Waals surface area contributed by atoms with Crippen molar-refractivity contribution in [2.24, 2.45) is 0 Å². The van der Waals surface area contributed by atoms with Gasteiger partial charge in [0.15, 0.2) is 0 Å². The fourth-order valence-electron chi connectivity index (χ4n) is 3.09. The summed E-state index contributed by atoms with van der Waals surface area (Å²) >= 11 is 0. The largest absolute Gasteiger partial charge is 0.444 e. The molecule has 0 unspecified atom stereocenters. The van der Waals surface area contributed by atoms with E-state index in [4.69, 9.17) is 4.74 Å². The lowest BCUT2D eigenvalue weighted by molar-refractivity contribution is 0.0289. The van der Waals surface area contributed by atoms with E-state index in [-0.39, 0.29) is 17.6 Å². The van der Waals surface area contributed by atoms with Gasteiger partial charge >= 0.3 is 6.09 Å². The zero-order valence-electron chi connectivity index (χ0n) is 16.0. The van der Waals surface area contributed by atoms with Gasteiger partial charge in [0.2, 0.25) is 0 Å². The number of pyridine rings is 1. The van der Waals surface area contributed by atoms with E-state index in [0.717, 1.165) is 23.1 Å². The van der Waals surface area contributed by atoms with Gasteiger partial charge in [-0.3, -0.25) is 4.98 Å². The molecule has 6 heteroatoms. The summed E-state index contributed by atoms with van der Waals surface area (Å²) in [5, 5.41) is 0. The minimum Gasteiger partial charge on any atom is -0.444 e. The first-order valence-electron chi connectivity index (χ1n) is 8.85. The molecule has 1 saturated heterocycles. The smallest absolute Gasteiger partial charge is 0.410 e. The Labute approximate surface area is 149 Å². The van der Waals surface area contributed by atoms with Crippen LogP contribution in [-0.4, -0.2) is 44.2 Å². The number of amides is 1. The normalized spacial score (nSPS) is 18.8. The molecule has 1 aliphatic heterocycles. The Kier molecular flexibility index (Phi) is 4.25. The molecule has 1 atom stereocenters.